The maximum absolute atomic E-state index is 10.8. The first-order valence-electron chi connectivity index (χ1n) is 4.55. The molecule has 5 heteroatoms. The van der Waals surface area contributed by atoms with Crippen molar-refractivity contribution in [1.29, 1.82) is 0 Å². The summed E-state index contributed by atoms with van der Waals surface area (Å²) in [5, 5.41) is 5.78. The summed E-state index contributed by atoms with van der Waals surface area (Å²) in [4.78, 5) is 15.3. The summed E-state index contributed by atoms with van der Waals surface area (Å²) in [6, 6.07) is -0.0637. The predicted molar refractivity (Wildman–Crippen MR) is 53.4 cm³/mol. The summed E-state index contributed by atoms with van der Waals surface area (Å²) < 4.78 is 4.80. The Morgan fingerprint density at radius 1 is 1.71 bits per heavy atom. The number of nitrogens with zero attached hydrogens (tertiary/aromatic N) is 1. The number of rotatable bonds is 2. The first kappa shape index (κ1) is 9.45. The van der Waals surface area contributed by atoms with Crippen molar-refractivity contribution < 1.29 is 9.53 Å². The van der Waals surface area contributed by atoms with E-state index in [0.717, 1.165) is 10.7 Å². The van der Waals surface area contributed by atoms with Gasteiger partial charge >= 0.3 is 6.09 Å². The predicted octanol–water partition coefficient (Wildman–Crippen LogP) is 2.05. The highest BCUT2D eigenvalue weighted by Crippen LogP contribution is 2.24. The molecule has 0 aliphatic carbocycles. The van der Waals surface area contributed by atoms with E-state index in [2.05, 4.69) is 24.1 Å². The van der Waals surface area contributed by atoms with Gasteiger partial charge in [0.25, 0.3) is 0 Å². The van der Waals surface area contributed by atoms with Gasteiger partial charge in [-0.1, -0.05) is 13.8 Å². The third kappa shape index (κ3) is 1.72. The second-order valence-corrected chi connectivity index (χ2v) is 4.45. The fourth-order valence-electron chi connectivity index (χ4n) is 1.27. The van der Waals surface area contributed by atoms with Gasteiger partial charge in [-0.25, -0.2) is 9.78 Å². The number of carbonyl (C=O) groups excluding carboxylic acids is 1. The highest BCUT2D eigenvalue weighted by atomic mass is 32.1. The third-order valence-corrected chi connectivity index (χ3v) is 3.23. The smallest absolute Gasteiger partial charge is 0.407 e. The molecule has 1 unspecified atom stereocenters. The zero-order valence-corrected chi connectivity index (χ0v) is 8.93. The van der Waals surface area contributed by atoms with Crippen LogP contribution in [0.25, 0.3) is 0 Å². The normalized spacial score (nSPS) is 21.1. The Morgan fingerprint density at radius 2 is 2.50 bits per heavy atom. The number of alkyl carbamates (subject to hydrolysis) is 1. The number of hydrogen-bond acceptors (Lipinski definition) is 4. The third-order valence-electron chi connectivity index (χ3n) is 2.06. The topological polar surface area (TPSA) is 51.2 Å². The number of carbonyl (C=O) groups is 1. The molecular formula is C9H12N2O2S. The molecule has 4 nitrogen and oxygen atoms in total. The van der Waals surface area contributed by atoms with Gasteiger partial charge in [0.1, 0.15) is 12.6 Å². The fraction of sp³-hybridized carbons (Fsp3) is 0.556. The molecule has 14 heavy (non-hydrogen) atoms. The molecule has 2 heterocycles. The van der Waals surface area contributed by atoms with Crippen LogP contribution >= 0.6 is 11.3 Å². The SMILES string of the molecule is CC(C)c1nc(C2COC(=O)N2)cs1. The molecule has 0 aromatic carbocycles. The lowest BCUT2D eigenvalue weighted by Gasteiger charge is -2.02. The lowest BCUT2D eigenvalue weighted by molar-refractivity contribution is 0.177. The standard InChI is InChI=1S/C9H12N2O2S/c1-5(2)8-10-7(4-14-8)6-3-13-9(12)11-6/h4-6H,3H2,1-2H3,(H,11,12). The summed E-state index contributed by atoms with van der Waals surface area (Å²) in [6.45, 7) is 4.60. The summed E-state index contributed by atoms with van der Waals surface area (Å²) in [7, 11) is 0. The maximum atomic E-state index is 10.8. The Hall–Kier alpha value is -1.10. The van der Waals surface area contributed by atoms with E-state index in [1.165, 1.54) is 0 Å². The number of hydrogen-bond donors (Lipinski definition) is 1. The molecule has 0 radical (unpaired) electrons. The van der Waals surface area contributed by atoms with Crippen molar-refractivity contribution in [1.82, 2.24) is 10.3 Å². The van der Waals surface area contributed by atoms with Crippen LogP contribution < -0.4 is 5.32 Å². The van der Waals surface area contributed by atoms with Crippen LogP contribution in [0, 0.1) is 0 Å². The van der Waals surface area contributed by atoms with Gasteiger partial charge in [0.15, 0.2) is 0 Å². The second-order valence-electron chi connectivity index (χ2n) is 3.56. The van der Waals surface area contributed by atoms with Crippen LogP contribution in [0.5, 0.6) is 0 Å². The molecule has 1 aromatic heterocycles. The number of ether oxygens (including phenoxy) is 1. The fourth-order valence-corrected chi connectivity index (χ4v) is 2.16. The second kappa shape index (κ2) is 3.57. The molecule has 0 spiro atoms. The summed E-state index contributed by atoms with van der Waals surface area (Å²) in [6.07, 6.45) is -0.353. The first-order chi connectivity index (χ1) is 6.66. The van der Waals surface area contributed by atoms with Crippen molar-refractivity contribution in [3.05, 3.63) is 16.1 Å². The van der Waals surface area contributed by atoms with Crippen LogP contribution in [-0.2, 0) is 4.74 Å². The summed E-state index contributed by atoms with van der Waals surface area (Å²) in [5.74, 6) is 0.437. The van der Waals surface area contributed by atoms with Gasteiger partial charge in [0, 0.05) is 11.3 Å². The zero-order valence-electron chi connectivity index (χ0n) is 8.11. The van der Waals surface area contributed by atoms with E-state index >= 15 is 0 Å². The average Bonchev–Trinajstić information content (AvgIpc) is 2.70. The van der Waals surface area contributed by atoms with E-state index in [1.807, 2.05) is 5.38 Å². The first-order valence-corrected chi connectivity index (χ1v) is 5.43. The van der Waals surface area contributed by atoms with Crippen LogP contribution in [0.15, 0.2) is 5.38 Å². The summed E-state index contributed by atoms with van der Waals surface area (Å²) in [5.41, 5.74) is 0.907. The number of nitrogens with one attached hydrogen (secondary N) is 1. The molecular weight excluding hydrogens is 200 g/mol. The van der Waals surface area contributed by atoms with Gasteiger partial charge in [-0.05, 0) is 0 Å². The molecule has 0 saturated carbocycles. The van der Waals surface area contributed by atoms with Gasteiger partial charge < -0.3 is 10.1 Å². The van der Waals surface area contributed by atoms with Crippen molar-refractivity contribution in [3.8, 4) is 0 Å². The molecule has 1 aromatic rings. The van der Waals surface area contributed by atoms with Crippen molar-refractivity contribution >= 4 is 17.4 Å². The van der Waals surface area contributed by atoms with Gasteiger partial charge in [-0.2, -0.15) is 0 Å². The molecule has 2 rings (SSSR count). The Morgan fingerprint density at radius 3 is 3.00 bits per heavy atom. The Labute approximate surface area is 86.3 Å². The number of thiazole rings is 1. The van der Waals surface area contributed by atoms with Gasteiger partial charge in [0.05, 0.1) is 10.7 Å². The molecule has 1 amide bonds. The molecule has 1 atom stereocenters. The Kier molecular flexibility index (Phi) is 2.41. The van der Waals surface area contributed by atoms with E-state index in [9.17, 15) is 4.79 Å². The van der Waals surface area contributed by atoms with E-state index < -0.39 is 0 Å². The van der Waals surface area contributed by atoms with E-state index in [-0.39, 0.29) is 12.1 Å². The lowest BCUT2D eigenvalue weighted by Crippen LogP contribution is -2.18. The van der Waals surface area contributed by atoms with Gasteiger partial charge in [-0.15, -0.1) is 11.3 Å². The number of amides is 1. The van der Waals surface area contributed by atoms with Crippen LogP contribution in [0.3, 0.4) is 0 Å². The number of aromatic nitrogens is 1. The largest absolute Gasteiger partial charge is 0.447 e. The lowest BCUT2D eigenvalue weighted by atomic mass is 10.2. The Balaban J connectivity index is 2.13. The van der Waals surface area contributed by atoms with Gasteiger partial charge in [-0.3, -0.25) is 0 Å². The molecule has 1 aliphatic heterocycles. The van der Waals surface area contributed by atoms with Crippen LogP contribution in [0.2, 0.25) is 0 Å². The minimum atomic E-state index is -0.353. The van der Waals surface area contributed by atoms with E-state index in [4.69, 9.17) is 4.74 Å². The van der Waals surface area contributed by atoms with Crippen LogP contribution in [0.1, 0.15) is 36.5 Å². The van der Waals surface area contributed by atoms with Crippen LogP contribution in [0.4, 0.5) is 4.79 Å². The molecule has 0 bridgehead atoms. The average molecular weight is 212 g/mol. The monoisotopic (exact) mass is 212 g/mol. The van der Waals surface area contributed by atoms with Gasteiger partial charge in [0.2, 0.25) is 0 Å². The molecule has 1 saturated heterocycles. The Bertz CT molecular complexity index is 348. The van der Waals surface area contributed by atoms with Crippen molar-refractivity contribution in [2.24, 2.45) is 0 Å². The van der Waals surface area contributed by atoms with Crippen molar-refractivity contribution in [2.45, 2.75) is 25.8 Å². The summed E-state index contributed by atoms with van der Waals surface area (Å²) >= 11 is 1.63. The highest BCUT2D eigenvalue weighted by molar-refractivity contribution is 7.09. The maximum Gasteiger partial charge on any atom is 0.407 e. The molecule has 1 aliphatic rings. The molecule has 76 valence electrons. The van der Waals surface area contributed by atoms with Crippen molar-refractivity contribution in [2.75, 3.05) is 6.61 Å². The quantitative estimate of drug-likeness (QED) is 0.816. The number of cyclic esters (lactones) is 1. The van der Waals surface area contributed by atoms with Crippen LogP contribution in [-0.4, -0.2) is 17.7 Å². The van der Waals surface area contributed by atoms with E-state index in [1.54, 1.807) is 11.3 Å². The molecule has 1 fully saturated rings. The zero-order chi connectivity index (χ0) is 10.1. The minimum absolute atomic E-state index is 0.0637. The molecule has 1 N–H and O–H groups in total. The van der Waals surface area contributed by atoms with Crippen molar-refractivity contribution in [3.63, 3.8) is 0 Å². The minimum Gasteiger partial charge on any atom is -0.447 e. The van der Waals surface area contributed by atoms with E-state index in [0.29, 0.717) is 12.5 Å². The highest BCUT2D eigenvalue weighted by Gasteiger charge is 2.25.